The molecule has 0 aliphatic heterocycles. The largest absolute Gasteiger partial charge is 0.508 e. The second kappa shape index (κ2) is 7.01. The molecule has 0 amide bonds. The summed E-state index contributed by atoms with van der Waals surface area (Å²) < 4.78 is 4.77. The highest BCUT2D eigenvalue weighted by molar-refractivity contribution is 7.99. The average molecular weight is 288 g/mol. The number of esters is 1. The summed E-state index contributed by atoms with van der Waals surface area (Å²) in [6, 6.07) is 14.6. The third kappa shape index (κ3) is 3.78. The van der Waals surface area contributed by atoms with Crippen molar-refractivity contribution in [2.45, 2.75) is 11.3 Å². The molecule has 0 saturated carbocycles. The van der Waals surface area contributed by atoms with Crippen molar-refractivity contribution in [2.75, 3.05) is 12.9 Å². The summed E-state index contributed by atoms with van der Waals surface area (Å²) in [5, 5.41) is 9.23. The van der Waals surface area contributed by atoms with Gasteiger partial charge >= 0.3 is 5.97 Å². The molecule has 0 atom stereocenters. The van der Waals surface area contributed by atoms with Gasteiger partial charge in [0.1, 0.15) is 5.75 Å². The monoisotopic (exact) mass is 288 g/mol. The van der Waals surface area contributed by atoms with Gasteiger partial charge in [-0.25, -0.2) is 4.79 Å². The van der Waals surface area contributed by atoms with E-state index < -0.39 is 0 Å². The predicted molar refractivity (Wildman–Crippen MR) is 80.3 cm³/mol. The van der Waals surface area contributed by atoms with Crippen molar-refractivity contribution in [3.05, 3.63) is 59.7 Å². The van der Waals surface area contributed by atoms with Crippen molar-refractivity contribution in [2.24, 2.45) is 0 Å². The summed E-state index contributed by atoms with van der Waals surface area (Å²) in [6.07, 6.45) is 0.875. The van der Waals surface area contributed by atoms with Crippen LogP contribution in [0.3, 0.4) is 0 Å². The van der Waals surface area contributed by atoms with Crippen molar-refractivity contribution in [3.63, 3.8) is 0 Å². The maximum absolute atomic E-state index is 11.6. The molecule has 104 valence electrons. The summed E-state index contributed by atoms with van der Waals surface area (Å²) in [7, 11) is 1.39. The fourth-order valence-corrected chi connectivity index (χ4v) is 2.85. The number of benzene rings is 2. The molecule has 0 unspecified atom stereocenters. The quantitative estimate of drug-likeness (QED) is 0.675. The Labute approximate surface area is 122 Å². The minimum atomic E-state index is -0.308. The Morgan fingerprint density at radius 1 is 1.15 bits per heavy atom. The molecule has 3 nitrogen and oxygen atoms in total. The Morgan fingerprint density at radius 3 is 2.55 bits per heavy atom. The van der Waals surface area contributed by atoms with Gasteiger partial charge in [-0.3, -0.25) is 0 Å². The fraction of sp³-hybridized carbons (Fsp3) is 0.188. The van der Waals surface area contributed by atoms with Gasteiger partial charge in [-0.1, -0.05) is 24.3 Å². The molecule has 0 spiro atoms. The summed E-state index contributed by atoms with van der Waals surface area (Å²) in [5.74, 6) is 0.828. The SMILES string of the molecule is COC(=O)c1ccccc1SCCc1ccc(O)cc1. The van der Waals surface area contributed by atoms with Gasteiger partial charge in [0.25, 0.3) is 0 Å². The number of aromatic hydroxyl groups is 1. The third-order valence-corrected chi connectivity index (χ3v) is 3.95. The molecule has 2 aromatic rings. The molecule has 0 saturated heterocycles. The van der Waals surface area contributed by atoms with Crippen molar-refractivity contribution >= 4 is 17.7 Å². The predicted octanol–water partition coefficient (Wildman–Crippen LogP) is 3.51. The zero-order valence-corrected chi connectivity index (χ0v) is 12.0. The number of hydrogen-bond donors (Lipinski definition) is 1. The number of rotatable bonds is 5. The number of methoxy groups -OCH3 is 1. The zero-order valence-electron chi connectivity index (χ0n) is 11.2. The van der Waals surface area contributed by atoms with Crippen LogP contribution >= 0.6 is 11.8 Å². The van der Waals surface area contributed by atoms with Crippen LogP contribution in [0, 0.1) is 0 Å². The first kappa shape index (κ1) is 14.5. The van der Waals surface area contributed by atoms with E-state index >= 15 is 0 Å². The van der Waals surface area contributed by atoms with Gasteiger partial charge in [0, 0.05) is 10.6 Å². The number of aryl methyl sites for hydroxylation is 1. The molecular formula is C16H16O3S. The Morgan fingerprint density at radius 2 is 1.85 bits per heavy atom. The maximum Gasteiger partial charge on any atom is 0.338 e. The van der Waals surface area contributed by atoms with Crippen molar-refractivity contribution in [1.29, 1.82) is 0 Å². The summed E-state index contributed by atoms with van der Waals surface area (Å²) in [4.78, 5) is 12.6. The number of phenols is 1. The van der Waals surface area contributed by atoms with Crippen LogP contribution in [0.2, 0.25) is 0 Å². The first-order valence-electron chi connectivity index (χ1n) is 6.29. The molecule has 2 aromatic carbocycles. The van der Waals surface area contributed by atoms with Crippen LogP contribution in [0.1, 0.15) is 15.9 Å². The van der Waals surface area contributed by atoms with E-state index in [4.69, 9.17) is 4.74 Å². The summed E-state index contributed by atoms with van der Waals surface area (Å²) in [5.41, 5.74) is 1.76. The van der Waals surface area contributed by atoms with Crippen LogP contribution in [0.25, 0.3) is 0 Å². The molecule has 0 heterocycles. The molecule has 0 bridgehead atoms. The van der Waals surface area contributed by atoms with Crippen molar-refractivity contribution in [1.82, 2.24) is 0 Å². The van der Waals surface area contributed by atoms with Crippen LogP contribution in [-0.2, 0) is 11.2 Å². The van der Waals surface area contributed by atoms with Crippen molar-refractivity contribution < 1.29 is 14.6 Å². The Kier molecular flexibility index (Phi) is 5.07. The Bertz CT molecular complexity index is 579. The van der Waals surface area contributed by atoms with Gasteiger partial charge in [-0.15, -0.1) is 11.8 Å². The van der Waals surface area contributed by atoms with E-state index in [2.05, 4.69) is 0 Å². The van der Waals surface area contributed by atoms with Crippen LogP contribution in [0.4, 0.5) is 0 Å². The van der Waals surface area contributed by atoms with Gasteiger partial charge in [-0.05, 0) is 36.2 Å². The summed E-state index contributed by atoms with van der Waals surface area (Å²) in [6.45, 7) is 0. The highest BCUT2D eigenvalue weighted by Crippen LogP contribution is 2.24. The first-order valence-corrected chi connectivity index (χ1v) is 7.27. The Hall–Kier alpha value is -1.94. The number of ether oxygens (including phenoxy) is 1. The van der Waals surface area contributed by atoms with E-state index in [1.54, 1.807) is 30.0 Å². The van der Waals surface area contributed by atoms with Gasteiger partial charge in [-0.2, -0.15) is 0 Å². The molecule has 0 aliphatic carbocycles. The fourth-order valence-electron chi connectivity index (χ4n) is 1.81. The number of phenolic OH excluding ortho intramolecular Hbond substituents is 1. The maximum atomic E-state index is 11.6. The van der Waals surface area contributed by atoms with Crippen molar-refractivity contribution in [3.8, 4) is 5.75 Å². The van der Waals surface area contributed by atoms with E-state index in [-0.39, 0.29) is 11.7 Å². The Balaban J connectivity index is 1.97. The van der Waals surface area contributed by atoms with E-state index in [1.165, 1.54) is 7.11 Å². The zero-order chi connectivity index (χ0) is 14.4. The number of carbonyl (C=O) groups is 1. The van der Waals surface area contributed by atoms with Gasteiger partial charge < -0.3 is 9.84 Å². The number of carbonyl (C=O) groups excluding carboxylic acids is 1. The highest BCUT2D eigenvalue weighted by atomic mass is 32.2. The van der Waals surface area contributed by atoms with Gasteiger partial charge in [0.05, 0.1) is 12.7 Å². The molecule has 0 fully saturated rings. The summed E-state index contributed by atoms with van der Waals surface area (Å²) >= 11 is 1.63. The smallest absolute Gasteiger partial charge is 0.338 e. The molecule has 1 N–H and O–H groups in total. The van der Waals surface area contributed by atoms with Gasteiger partial charge in [0.15, 0.2) is 0 Å². The van der Waals surface area contributed by atoms with Gasteiger partial charge in [0.2, 0.25) is 0 Å². The first-order chi connectivity index (χ1) is 9.70. The molecular weight excluding hydrogens is 272 g/mol. The minimum absolute atomic E-state index is 0.275. The second-order valence-corrected chi connectivity index (χ2v) is 5.39. The molecule has 0 radical (unpaired) electrons. The lowest BCUT2D eigenvalue weighted by atomic mass is 10.2. The molecule has 0 aromatic heterocycles. The average Bonchev–Trinajstić information content (AvgIpc) is 2.49. The molecule has 0 aliphatic rings. The van der Waals surface area contributed by atoms with E-state index in [0.717, 1.165) is 22.6 Å². The lowest BCUT2D eigenvalue weighted by Crippen LogP contribution is -2.03. The lowest BCUT2D eigenvalue weighted by molar-refractivity contribution is 0.0597. The highest BCUT2D eigenvalue weighted by Gasteiger charge is 2.10. The molecule has 2 rings (SSSR count). The van der Waals surface area contributed by atoms with Crippen LogP contribution in [0.5, 0.6) is 5.75 Å². The van der Waals surface area contributed by atoms with Crippen LogP contribution < -0.4 is 0 Å². The standard InChI is InChI=1S/C16H16O3S/c1-19-16(18)14-4-2-3-5-15(14)20-11-10-12-6-8-13(17)9-7-12/h2-9,17H,10-11H2,1H3. The van der Waals surface area contributed by atoms with Crippen LogP contribution in [-0.4, -0.2) is 23.9 Å². The third-order valence-electron chi connectivity index (χ3n) is 2.88. The minimum Gasteiger partial charge on any atom is -0.508 e. The van der Waals surface area contributed by atoms with E-state index in [0.29, 0.717) is 5.56 Å². The number of hydrogen-bond acceptors (Lipinski definition) is 4. The lowest BCUT2D eigenvalue weighted by Gasteiger charge is -2.07. The van der Waals surface area contributed by atoms with E-state index in [9.17, 15) is 9.90 Å². The second-order valence-electron chi connectivity index (χ2n) is 4.25. The van der Waals surface area contributed by atoms with Crippen LogP contribution in [0.15, 0.2) is 53.4 Å². The molecule has 4 heteroatoms. The topological polar surface area (TPSA) is 46.5 Å². The number of thioether (sulfide) groups is 1. The molecule has 20 heavy (non-hydrogen) atoms. The normalized spacial score (nSPS) is 10.2. The van der Waals surface area contributed by atoms with E-state index in [1.807, 2.05) is 30.3 Å².